The molecule has 0 bridgehead atoms. The molecule has 1 aromatic rings. The van der Waals surface area contributed by atoms with Crippen molar-refractivity contribution in [2.24, 2.45) is 0 Å². The second-order valence-electron chi connectivity index (χ2n) is 4.72. The molecule has 1 aromatic carbocycles. The number of anilines is 1. The van der Waals surface area contributed by atoms with Gasteiger partial charge in [0.05, 0.1) is 12.2 Å². The predicted octanol–water partition coefficient (Wildman–Crippen LogP) is 2.69. The fraction of sp³-hybridized carbons (Fsp3) is 0.467. The Morgan fingerprint density at radius 2 is 2.16 bits per heavy atom. The molecule has 4 heteroatoms. The first kappa shape index (κ1) is 13.6. The number of rotatable bonds is 3. The fourth-order valence-electron chi connectivity index (χ4n) is 2.36. The molecule has 2 rings (SSSR count). The van der Waals surface area contributed by atoms with Gasteiger partial charge in [0, 0.05) is 18.7 Å². The second-order valence-corrected chi connectivity index (χ2v) is 4.72. The number of hydrogen-bond acceptors (Lipinski definition) is 3. The maximum atomic E-state index is 11.9. The lowest BCUT2D eigenvalue weighted by Gasteiger charge is -2.28. The molecule has 0 N–H and O–H groups in total. The highest BCUT2D eigenvalue weighted by atomic mass is 16.5. The maximum absolute atomic E-state index is 11.9. The first-order valence-corrected chi connectivity index (χ1v) is 6.71. The lowest BCUT2D eigenvalue weighted by Crippen LogP contribution is -2.35. The molecular formula is C15H19NO3. The van der Waals surface area contributed by atoms with E-state index in [4.69, 9.17) is 4.74 Å². The van der Waals surface area contributed by atoms with Crippen LogP contribution in [0.4, 0.5) is 5.69 Å². The van der Waals surface area contributed by atoms with E-state index < -0.39 is 0 Å². The average Bonchev–Trinajstić information content (AvgIpc) is 2.40. The smallest absolute Gasteiger partial charge is 0.338 e. The number of ether oxygens (including phenoxy) is 1. The molecule has 0 aliphatic carbocycles. The second kappa shape index (κ2) is 5.87. The van der Waals surface area contributed by atoms with E-state index in [1.54, 1.807) is 19.1 Å². The summed E-state index contributed by atoms with van der Waals surface area (Å²) in [7, 11) is 0. The van der Waals surface area contributed by atoms with Crippen molar-refractivity contribution in [1.29, 1.82) is 0 Å². The zero-order valence-electron chi connectivity index (χ0n) is 11.4. The highest BCUT2D eigenvalue weighted by Crippen LogP contribution is 2.25. The van der Waals surface area contributed by atoms with Crippen molar-refractivity contribution in [3.8, 4) is 0 Å². The van der Waals surface area contributed by atoms with Crippen LogP contribution in [0, 0.1) is 6.92 Å². The van der Waals surface area contributed by atoms with Crippen molar-refractivity contribution < 1.29 is 14.3 Å². The standard InChI is InChI=1S/C15H19NO3/c1-3-19-15(18)12-7-8-13(11(2)10-12)16-9-5-4-6-14(16)17/h7-8,10H,3-6,9H2,1-2H3. The number of esters is 1. The fourth-order valence-corrected chi connectivity index (χ4v) is 2.36. The van der Waals surface area contributed by atoms with Gasteiger partial charge in [-0.1, -0.05) is 0 Å². The van der Waals surface area contributed by atoms with Gasteiger partial charge >= 0.3 is 5.97 Å². The topological polar surface area (TPSA) is 46.6 Å². The molecule has 0 atom stereocenters. The van der Waals surface area contributed by atoms with Crippen molar-refractivity contribution in [3.05, 3.63) is 29.3 Å². The molecular weight excluding hydrogens is 242 g/mol. The predicted molar refractivity (Wildman–Crippen MR) is 73.3 cm³/mol. The molecule has 102 valence electrons. The zero-order chi connectivity index (χ0) is 13.8. The van der Waals surface area contributed by atoms with Gasteiger partial charge in [-0.05, 0) is 50.5 Å². The zero-order valence-corrected chi connectivity index (χ0v) is 11.4. The highest BCUT2D eigenvalue weighted by Gasteiger charge is 2.21. The van der Waals surface area contributed by atoms with Gasteiger partial charge in [-0.2, -0.15) is 0 Å². The minimum absolute atomic E-state index is 0.165. The van der Waals surface area contributed by atoms with Gasteiger partial charge in [-0.25, -0.2) is 4.79 Å². The molecule has 0 aromatic heterocycles. The van der Waals surface area contributed by atoms with E-state index in [1.165, 1.54) is 0 Å². The minimum atomic E-state index is -0.317. The molecule has 1 aliphatic rings. The summed E-state index contributed by atoms with van der Waals surface area (Å²) in [5.41, 5.74) is 2.37. The van der Waals surface area contributed by atoms with E-state index in [0.717, 1.165) is 30.6 Å². The van der Waals surface area contributed by atoms with E-state index >= 15 is 0 Å². The Morgan fingerprint density at radius 1 is 1.37 bits per heavy atom. The number of amides is 1. The van der Waals surface area contributed by atoms with Crippen molar-refractivity contribution in [1.82, 2.24) is 0 Å². The lowest BCUT2D eigenvalue weighted by atomic mass is 10.0. The summed E-state index contributed by atoms with van der Waals surface area (Å²) in [6.45, 7) is 4.83. The van der Waals surface area contributed by atoms with Gasteiger partial charge in [-0.15, -0.1) is 0 Å². The van der Waals surface area contributed by atoms with Crippen LogP contribution in [0.15, 0.2) is 18.2 Å². The molecule has 0 saturated carbocycles. The molecule has 0 unspecified atom stereocenters. The van der Waals surface area contributed by atoms with Crippen LogP contribution >= 0.6 is 0 Å². The maximum Gasteiger partial charge on any atom is 0.338 e. The third-order valence-corrected chi connectivity index (χ3v) is 3.32. The van der Waals surface area contributed by atoms with E-state index in [0.29, 0.717) is 18.6 Å². The Balaban J connectivity index is 2.23. The van der Waals surface area contributed by atoms with Crippen LogP contribution in [-0.4, -0.2) is 25.0 Å². The van der Waals surface area contributed by atoms with E-state index in [2.05, 4.69) is 0 Å². The minimum Gasteiger partial charge on any atom is -0.462 e. The number of carbonyl (C=O) groups is 2. The van der Waals surface area contributed by atoms with Gasteiger partial charge < -0.3 is 9.64 Å². The summed E-state index contributed by atoms with van der Waals surface area (Å²) in [5.74, 6) is -0.152. The quantitative estimate of drug-likeness (QED) is 0.786. The molecule has 1 aliphatic heterocycles. The van der Waals surface area contributed by atoms with Crippen molar-refractivity contribution in [2.75, 3.05) is 18.1 Å². The number of aryl methyl sites for hydroxylation is 1. The van der Waals surface area contributed by atoms with Crippen LogP contribution in [0.3, 0.4) is 0 Å². The highest BCUT2D eigenvalue weighted by molar-refractivity contribution is 5.96. The number of nitrogens with zero attached hydrogens (tertiary/aromatic N) is 1. The monoisotopic (exact) mass is 261 g/mol. The summed E-state index contributed by atoms with van der Waals surface area (Å²) in [6.07, 6.45) is 2.61. The largest absolute Gasteiger partial charge is 0.462 e. The van der Waals surface area contributed by atoms with Crippen LogP contribution < -0.4 is 4.90 Å². The van der Waals surface area contributed by atoms with Crippen molar-refractivity contribution in [3.63, 3.8) is 0 Å². The van der Waals surface area contributed by atoms with E-state index in [-0.39, 0.29) is 11.9 Å². The molecule has 1 heterocycles. The SMILES string of the molecule is CCOC(=O)c1ccc(N2CCCCC2=O)c(C)c1. The van der Waals surface area contributed by atoms with Crippen molar-refractivity contribution in [2.45, 2.75) is 33.1 Å². The molecule has 4 nitrogen and oxygen atoms in total. The van der Waals surface area contributed by atoms with E-state index in [1.807, 2.05) is 17.9 Å². The van der Waals surface area contributed by atoms with E-state index in [9.17, 15) is 9.59 Å². The van der Waals surface area contributed by atoms with Crippen LogP contribution in [-0.2, 0) is 9.53 Å². The molecule has 0 radical (unpaired) electrons. The molecule has 0 spiro atoms. The molecule has 1 fully saturated rings. The lowest BCUT2D eigenvalue weighted by molar-refractivity contribution is -0.119. The average molecular weight is 261 g/mol. The summed E-state index contributed by atoms with van der Waals surface area (Å²) in [5, 5.41) is 0. The van der Waals surface area contributed by atoms with Gasteiger partial charge in [-0.3, -0.25) is 4.79 Å². The molecule has 1 saturated heterocycles. The van der Waals surface area contributed by atoms with Gasteiger partial charge in [0.2, 0.25) is 5.91 Å². The summed E-state index contributed by atoms with van der Waals surface area (Å²) in [6, 6.07) is 5.35. The van der Waals surface area contributed by atoms with Crippen LogP contribution in [0.1, 0.15) is 42.1 Å². The Labute approximate surface area is 113 Å². The van der Waals surface area contributed by atoms with Crippen LogP contribution in [0.2, 0.25) is 0 Å². The summed E-state index contributed by atoms with van der Waals surface area (Å²) < 4.78 is 4.97. The number of piperidine rings is 1. The van der Waals surface area contributed by atoms with Gasteiger partial charge in [0.1, 0.15) is 0 Å². The third-order valence-electron chi connectivity index (χ3n) is 3.32. The molecule has 1 amide bonds. The summed E-state index contributed by atoms with van der Waals surface area (Å²) >= 11 is 0. The van der Waals surface area contributed by atoms with Crippen LogP contribution in [0.5, 0.6) is 0 Å². The first-order chi connectivity index (χ1) is 9.13. The number of benzene rings is 1. The first-order valence-electron chi connectivity index (χ1n) is 6.71. The Morgan fingerprint density at radius 3 is 2.79 bits per heavy atom. The third kappa shape index (κ3) is 2.95. The Kier molecular flexibility index (Phi) is 4.20. The number of hydrogen-bond donors (Lipinski definition) is 0. The normalized spacial score (nSPS) is 15.5. The summed E-state index contributed by atoms with van der Waals surface area (Å²) in [4.78, 5) is 25.4. The molecule has 19 heavy (non-hydrogen) atoms. The van der Waals surface area contributed by atoms with Gasteiger partial charge in [0.25, 0.3) is 0 Å². The number of carbonyl (C=O) groups excluding carboxylic acids is 2. The van der Waals surface area contributed by atoms with Crippen molar-refractivity contribution >= 4 is 17.6 Å². The Bertz CT molecular complexity index is 496. The van der Waals surface area contributed by atoms with Gasteiger partial charge in [0.15, 0.2) is 0 Å². The van der Waals surface area contributed by atoms with Crippen LogP contribution in [0.25, 0.3) is 0 Å². The Hall–Kier alpha value is -1.84.